The number of carbonyl (C=O) groups excluding carboxylic acids is 1. The number of hydrazine groups is 1. The van der Waals surface area contributed by atoms with Crippen LogP contribution in [0.5, 0.6) is 0 Å². The quantitative estimate of drug-likeness (QED) is 0.198. The molecule has 1 aliphatic heterocycles. The van der Waals surface area contributed by atoms with E-state index in [4.69, 9.17) is 0 Å². The first-order valence-corrected chi connectivity index (χ1v) is 3.44. The summed E-state index contributed by atoms with van der Waals surface area (Å²) >= 11 is 0. The van der Waals surface area contributed by atoms with E-state index in [1.165, 1.54) is 0 Å². The first kappa shape index (κ1) is 16.9. The van der Waals surface area contributed by atoms with Gasteiger partial charge in [0.15, 0.2) is 0 Å². The topological polar surface area (TPSA) is 105 Å². The molecule has 1 saturated heterocycles. The SMILES string of the molecule is O=C([O-])[C@@H]1CCCN1[N+]([O-])=N[O-].[Na+].[Na+]. The molecule has 0 radical (unpaired) electrons. The van der Waals surface area contributed by atoms with Gasteiger partial charge in [-0.25, -0.2) is 0 Å². The maximum absolute atomic E-state index is 10.6. The molecule has 14 heavy (non-hydrogen) atoms. The third-order valence-electron chi connectivity index (χ3n) is 1.79. The van der Waals surface area contributed by atoms with Crippen LogP contribution in [-0.4, -0.2) is 28.5 Å². The van der Waals surface area contributed by atoms with Crippen molar-refractivity contribution in [2.24, 2.45) is 5.28 Å². The van der Waals surface area contributed by atoms with Gasteiger partial charge < -0.3 is 20.3 Å². The zero-order valence-electron chi connectivity index (χ0n) is 8.17. The molecular formula is C5H7N3Na2O4. The van der Waals surface area contributed by atoms with Crippen molar-refractivity contribution in [2.45, 2.75) is 18.9 Å². The Kier molecular flexibility index (Phi) is 9.31. The van der Waals surface area contributed by atoms with Crippen molar-refractivity contribution in [2.75, 3.05) is 6.54 Å². The molecule has 0 aliphatic carbocycles. The Balaban J connectivity index is 0. The van der Waals surface area contributed by atoms with Crippen molar-refractivity contribution < 1.29 is 74.0 Å². The molecular weight excluding hydrogens is 212 g/mol. The predicted molar refractivity (Wildman–Crippen MR) is 34.2 cm³/mol. The Hall–Kier alpha value is 0.470. The number of rotatable bonds is 2. The van der Waals surface area contributed by atoms with E-state index in [1.54, 1.807) is 0 Å². The molecule has 1 rings (SSSR count). The molecule has 0 spiro atoms. The van der Waals surface area contributed by atoms with E-state index < -0.39 is 12.0 Å². The molecule has 0 aromatic carbocycles. The molecule has 7 nitrogen and oxygen atoms in total. The zero-order chi connectivity index (χ0) is 9.14. The van der Waals surface area contributed by atoms with Crippen LogP contribution in [0.1, 0.15) is 12.8 Å². The van der Waals surface area contributed by atoms with E-state index in [9.17, 15) is 20.3 Å². The van der Waals surface area contributed by atoms with Crippen LogP contribution in [0.25, 0.3) is 0 Å². The monoisotopic (exact) mass is 219 g/mol. The Morgan fingerprint density at radius 2 is 2.07 bits per heavy atom. The standard InChI is InChI=1S/C5H9N3O4.2Na/c9-5(10)4-2-1-3-7(4)8(12)6-11;;/h4,11H,1-3H2,(H,9,10);;/q;2*+1/p-2/t4-;;/m0../s1. The molecule has 9 heteroatoms. The van der Waals surface area contributed by atoms with E-state index in [-0.39, 0.29) is 70.6 Å². The van der Waals surface area contributed by atoms with Crippen molar-refractivity contribution in [3.63, 3.8) is 0 Å². The summed E-state index contributed by atoms with van der Waals surface area (Å²) in [6.07, 6.45) is 0.865. The molecule has 0 unspecified atom stereocenters. The smallest absolute Gasteiger partial charge is 0.737 e. The fourth-order valence-electron chi connectivity index (χ4n) is 1.24. The number of hydrogen-bond donors (Lipinski definition) is 0. The number of nitrogens with zero attached hydrogens (tertiary/aromatic N) is 3. The second-order valence-electron chi connectivity index (χ2n) is 2.47. The molecule has 0 saturated carbocycles. The number of carboxylic acids is 1. The summed E-state index contributed by atoms with van der Waals surface area (Å²) in [4.78, 5) is 10.1. The number of carboxylic acid groups (broad SMARTS) is 1. The minimum Gasteiger partial charge on any atom is -0.737 e. The molecule has 0 aromatic heterocycles. The summed E-state index contributed by atoms with van der Waals surface area (Å²) in [5.41, 5.74) is 0. The predicted octanol–water partition coefficient (Wildman–Crippen LogP) is -7.42. The van der Waals surface area contributed by atoms with Crippen LogP contribution in [0, 0.1) is 10.4 Å². The van der Waals surface area contributed by atoms with Crippen LogP contribution in [0.4, 0.5) is 0 Å². The molecule has 0 aromatic rings. The fraction of sp³-hybridized carbons (Fsp3) is 0.800. The number of carbonyl (C=O) groups is 1. The average Bonchev–Trinajstić information content (AvgIpc) is 2.50. The molecule has 0 bridgehead atoms. The summed E-state index contributed by atoms with van der Waals surface area (Å²) in [6.45, 7) is 0.230. The summed E-state index contributed by atoms with van der Waals surface area (Å²) in [5, 5.41) is 33.6. The van der Waals surface area contributed by atoms with Gasteiger partial charge in [0.05, 0.1) is 12.5 Å². The van der Waals surface area contributed by atoms with Gasteiger partial charge >= 0.3 is 59.1 Å². The molecule has 1 aliphatic rings. The second kappa shape index (κ2) is 7.72. The van der Waals surface area contributed by atoms with Crippen molar-refractivity contribution in [3.8, 4) is 0 Å². The summed E-state index contributed by atoms with van der Waals surface area (Å²) in [6, 6.07) is -1.01. The minimum atomic E-state index is -1.35. The maximum atomic E-state index is 10.6. The van der Waals surface area contributed by atoms with Crippen LogP contribution in [0.15, 0.2) is 5.28 Å². The normalized spacial score (nSPS) is 21.0. The molecule has 1 atom stereocenters. The minimum absolute atomic E-state index is 0. The van der Waals surface area contributed by atoms with Gasteiger partial charge in [-0.05, 0) is 18.1 Å². The Morgan fingerprint density at radius 3 is 2.50 bits per heavy atom. The van der Waals surface area contributed by atoms with E-state index in [0.717, 1.165) is 5.01 Å². The van der Waals surface area contributed by atoms with Gasteiger partial charge in [-0.2, -0.15) is 0 Å². The average molecular weight is 219 g/mol. The molecule has 0 N–H and O–H groups in total. The molecule has 1 heterocycles. The van der Waals surface area contributed by atoms with Crippen LogP contribution in [0.2, 0.25) is 0 Å². The van der Waals surface area contributed by atoms with Gasteiger partial charge in [0, 0.05) is 4.97 Å². The van der Waals surface area contributed by atoms with Crippen LogP contribution >= 0.6 is 0 Å². The van der Waals surface area contributed by atoms with Gasteiger partial charge in [0.2, 0.25) is 0 Å². The fourth-order valence-corrected chi connectivity index (χ4v) is 1.24. The van der Waals surface area contributed by atoms with Crippen LogP contribution in [-0.2, 0) is 4.79 Å². The third-order valence-corrected chi connectivity index (χ3v) is 1.79. The van der Waals surface area contributed by atoms with Gasteiger partial charge in [-0.3, -0.25) is 0 Å². The maximum Gasteiger partial charge on any atom is 1.00 e. The molecule has 1 fully saturated rings. The van der Waals surface area contributed by atoms with Crippen molar-refractivity contribution in [1.29, 1.82) is 0 Å². The van der Waals surface area contributed by atoms with Crippen molar-refractivity contribution in [1.82, 2.24) is 5.01 Å². The van der Waals surface area contributed by atoms with Gasteiger partial charge in [0.1, 0.15) is 6.04 Å². The van der Waals surface area contributed by atoms with E-state index >= 15 is 0 Å². The largest absolute Gasteiger partial charge is 1.00 e. The van der Waals surface area contributed by atoms with E-state index in [1.807, 2.05) is 0 Å². The van der Waals surface area contributed by atoms with Gasteiger partial charge in [-0.1, -0.05) is 0 Å². The number of aliphatic carboxylic acids is 1. The molecule has 68 valence electrons. The first-order chi connectivity index (χ1) is 5.66. The van der Waals surface area contributed by atoms with E-state index in [0.29, 0.717) is 12.8 Å². The Labute approximate surface area is 125 Å². The Bertz CT molecular complexity index is 225. The first-order valence-electron chi connectivity index (χ1n) is 3.44. The van der Waals surface area contributed by atoms with Crippen molar-refractivity contribution in [3.05, 3.63) is 10.4 Å². The molecule has 0 amide bonds. The Morgan fingerprint density at radius 1 is 1.50 bits per heavy atom. The zero-order valence-corrected chi connectivity index (χ0v) is 12.2. The van der Waals surface area contributed by atoms with Gasteiger partial charge in [-0.15, -0.1) is 5.01 Å². The summed E-state index contributed by atoms with van der Waals surface area (Å²) in [5.74, 6) is -1.35. The van der Waals surface area contributed by atoms with Gasteiger partial charge in [0.25, 0.3) is 0 Å². The third kappa shape index (κ3) is 3.92. The number of hydrogen-bond acceptors (Lipinski definition) is 5. The second-order valence-corrected chi connectivity index (χ2v) is 2.47. The van der Waals surface area contributed by atoms with Crippen LogP contribution in [0.3, 0.4) is 0 Å². The summed E-state index contributed by atoms with van der Waals surface area (Å²) in [7, 11) is 0. The van der Waals surface area contributed by atoms with Crippen LogP contribution < -0.4 is 64.2 Å². The van der Waals surface area contributed by atoms with E-state index in [2.05, 4.69) is 5.28 Å². The summed E-state index contributed by atoms with van der Waals surface area (Å²) < 4.78 is 0. The van der Waals surface area contributed by atoms with Crippen molar-refractivity contribution >= 4 is 5.97 Å².